The van der Waals surface area contributed by atoms with Gasteiger partial charge in [-0.1, -0.05) is 18.2 Å². The van der Waals surface area contributed by atoms with E-state index in [-0.39, 0.29) is 12.0 Å². The molecule has 1 aliphatic rings. The molecule has 3 rings (SSSR count). The largest absolute Gasteiger partial charge is 0.487 e. The average molecular weight is 329 g/mol. The number of hydrogen-bond acceptors (Lipinski definition) is 4. The first-order chi connectivity index (χ1) is 11.7. The summed E-state index contributed by atoms with van der Waals surface area (Å²) in [4.78, 5) is 14.1. The summed E-state index contributed by atoms with van der Waals surface area (Å²) in [5.41, 5.74) is 1.17. The van der Waals surface area contributed by atoms with Gasteiger partial charge in [0.15, 0.2) is 5.69 Å². The van der Waals surface area contributed by atoms with Gasteiger partial charge in [-0.15, -0.1) is 0 Å². The van der Waals surface area contributed by atoms with E-state index in [0.29, 0.717) is 18.8 Å². The van der Waals surface area contributed by atoms with Crippen LogP contribution in [0.4, 0.5) is 0 Å². The molecule has 6 nitrogen and oxygen atoms in total. The summed E-state index contributed by atoms with van der Waals surface area (Å²) in [6, 6.07) is 11.3. The van der Waals surface area contributed by atoms with Crippen LogP contribution in [0.5, 0.6) is 5.75 Å². The van der Waals surface area contributed by atoms with E-state index in [1.807, 2.05) is 30.3 Å². The standard InChI is InChI=1S/C18H23N3O3/c1-21(12-16-9-5-6-10-23-16)18(22)17-11-14(19-20-17)13-24-15-7-3-2-4-8-15/h2-4,7-8,11,16H,5-6,9-10,12-13H2,1H3,(H,19,20)/t16-/m0/s1. The highest BCUT2D eigenvalue weighted by molar-refractivity contribution is 5.92. The molecule has 24 heavy (non-hydrogen) atoms. The van der Waals surface area contributed by atoms with Gasteiger partial charge in [-0.05, 0) is 37.5 Å². The minimum Gasteiger partial charge on any atom is -0.487 e. The van der Waals surface area contributed by atoms with Gasteiger partial charge in [0.25, 0.3) is 5.91 Å². The molecule has 1 saturated heterocycles. The Balaban J connectivity index is 1.52. The molecule has 0 aliphatic carbocycles. The van der Waals surface area contributed by atoms with Gasteiger partial charge in [0.1, 0.15) is 12.4 Å². The van der Waals surface area contributed by atoms with Crippen LogP contribution in [-0.4, -0.2) is 47.3 Å². The fraction of sp³-hybridized carbons (Fsp3) is 0.444. The van der Waals surface area contributed by atoms with E-state index < -0.39 is 0 Å². The number of amides is 1. The van der Waals surface area contributed by atoms with Crippen LogP contribution in [0.15, 0.2) is 36.4 Å². The number of carbonyl (C=O) groups is 1. The maximum Gasteiger partial charge on any atom is 0.274 e. The minimum absolute atomic E-state index is 0.105. The number of aromatic nitrogens is 2. The first-order valence-electron chi connectivity index (χ1n) is 8.31. The fourth-order valence-electron chi connectivity index (χ4n) is 2.76. The number of nitrogens with zero attached hydrogens (tertiary/aromatic N) is 2. The molecular formula is C18H23N3O3. The van der Waals surface area contributed by atoms with Crippen molar-refractivity contribution in [3.05, 3.63) is 47.8 Å². The number of likely N-dealkylation sites (N-methyl/N-ethyl adjacent to an activating group) is 1. The third-order valence-electron chi connectivity index (χ3n) is 4.09. The van der Waals surface area contributed by atoms with E-state index in [1.165, 1.54) is 0 Å². The third-order valence-corrected chi connectivity index (χ3v) is 4.09. The van der Waals surface area contributed by atoms with Crippen molar-refractivity contribution in [1.29, 1.82) is 0 Å². The van der Waals surface area contributed by atoms with Crippen molar-refractivity contribution in [2.45, 2.75) is 32.0 Å². The summed E-state index contributed by atoms with van der Waals surface area (Å²) in [5.74, 6) is 0.679. The Morgan fingerprint density at radius 2 is 2.21 bits per heavy atom. The molecule has 1 fully saturated rings. The monoisotopic (exact) mass is 329 g/mol. The van der Waals surface area contributed by atoms with Crippen molar-refractivity contribution >= 4 is 5.91 Å². The Morgan fingerprint density at radius 1 is 1.38 bits per heavy atom. The van der Waals surface area contributed by atoms with Gasteiger partial charge in [0, 0.05) is 20.2 Å². The van der Waals surface area contributed by atoms with Crippen molar-refractivity contribution in [3.63, 3.8) is 0 Å². The summed E-state index contributed by atoms with van der Waals surface area (Å²) in [7, 11) is 1.79. The van der Waals surface area contributed by atoms with Crippen molar-refractivity contribution in [2.75, 3.05) is 20.2 Å². The van der Waals surface area contributed by atoms with E-state index >= 15 is 0 Å². The van der Waals surface area contributed by atoms with Crippen LogP contribution in [0.3, 0.4) is 0 Å². The zero-order valence-corrected chi connectivity index (χ0v) is 13.9. The Hall–Kier alpha value is -2.34. The number of para-hydroxylation sites is 1. The molecule has 0 radical (unpaired) electrons. The van der Waals surface area contributed by atoms with Crippen LogP contribution in [0, 0.1) is 0 Å². The summed E-state index contributed by atoms with van der Waals surface area (Å²) >= 11 is 0. The molecule has 1 amide bonds. The highest BCUT2D eigenvalue weighted by Crippen LogP contribution is 2.15. The van der Waals surface area contributed by atoms with Crippen molar-refractivity contribution in [1.82, 2.24) is 15.1 Å². The molecule has 1 aliphatic heterocycles. The molecule has 0 spiro atoms. The number of rotatable bonds is 6. The van der Waals surface area contributed by atoms with E-state index in [4.69, 9.17) is 9.47 Å². The molecule has 2 heterocycles. The Kier molecular flexibility index (Phi) is 5.48. The van der Waals surface area contributed by atoms with Gasteiger partial charge < -0.3 is 14.4 Å². The van der Waals surface area contributed by atoms with Gasteiger partial charge in [0.05, 0.1) is 11.8 Å². The van der Waals surface area contributed by atoms with Crippen molar-refractivity contribution in [3.8, 4) is 5.75 Å². The number of nitrogens with one attached hydrogen (secondary N) is 1. The lowest BCUT2D eigenvalue weighted by atomic mass is 10.1. The predicted octanol–water partition coefficient (Wildman–Crippen LogP) is 2.63. The second-order valence-electron chi connectivity index (χ2n) is 6.05. The van der Waals surface area contributed by atoms with Crippen molar-refractivity contribution in [2.24, 2.45) is 0 Å². The van der Waals surface area contributed by atoms with E-state index in [2.05, 4.69) is 10.2 Å². The van der Waals surface area contributed by atoms with Gasteiger partial charge in [-0.3, -0.25) is 9.89 Å². The summed E-state index contributed by atoms with van der Waals surface area (Å²) in [6.07, 6.45) is 3.41. The molecule has 1 N–H and O–H groups in total. The number of hydrogen-bond donors (Lipinski definition) is 1. The Labute approximate surface area is 141 Å². The molecule has 0 unspecified atom stereocenters. The first kappa shape index (κ1) is 16.5. The highest BCUT2D eigenvalue weighted by atomic mass is 16.5. The second-order valence-corrected chi connectivity index (χ2v) is 6.05. The van der Waals surface area contributed by atoms with Gasteiger partial charge in [0.2, 0.25) is 0 Å². The van der Waals surface area contributed by atoms with E-state index in [9.17, 15) is 4.79 Å². The summed E-state index contributed by atoms with van der Waals surface area (Å²) < 4.78 is 11.3. The summed E-state index contributed by atoms with van der Waals surface area (Å²) in [5, 5.41) is 6.97. The number of aromatic amines is 1. The zero-order chi connectivity index (χ0) is 16.8. The van der Waals surface area contributed by atoms with Crippen LogP contribution < -0.4 is 4.74 Å². The number of ether oxygens (including phenoxy) is 2. The number of benzene rings is 1. The van der Waals surface area contributed by atoms with Crippen LogP contribution in [0.2, 0.25) is 0 Å². The smallest absolute Gasteiger partial charge is 0.274 e. The van der Waals surface area contributed by atoms with Crippen LogP contribution >= 0.6 is 0 Å². The number of H-pyrrole nitrogens is 1. The SMILES string of the molecule is CN(C[C@@H]1CCCCO1)C(=O)c1cc(COc2ccccc2)[nH]n1. The Bertz CT molecular complexity index is 651. The molecule has 1 aromatic heterocycles. The minimum atomic E-state index is -0.105. The zero-order valence-electron chi connectivity index (χ0n) is 13.9. The molecule has 0 bridgehead atoms. The maximum atomic E-state index is 12.5. The van der Waals surface area contributed by atoms with Crippen LogP contribution in [0.25, 0.3) is 0 Å². The van der Waals surface area contributed by atoms with Gasteiger partial charge in [-0.2, -0.15) is 5.10 Å². The third kappa shape index (κ3) is 4.35. The quantitative estimate of drug-likeness (QED) is 0.885. The lowest BCUT2D eigenvalue weighted by Crippen LogP contribution is -2.37. The van der Waals surface area contributed by atoms with Crippen LogP contribution in [-0.2, 0) is 11.3 Å². The molecule has 2 aromatic rings. The molecular weight excluding hydrogens is 306 g/mol. The Morgan fingerprint density at radius 3 is 2.96 bits per heavy atom. The van der Waals surface area contributed by atoms with Gasteiger partial charge >= 0.3 is 0 Å². The summed E-state index contributed by atoms with van der Waals surface area (Å²) in [6.45, 7) is 1.73. The molecule has 128 valence electrons. The lowest BCUT2D eigenvalue weighted by molar-refractivity contribution is -0.000291. The molecule has 1 atom stereocenters. The van der Waals surface area contributed by atoms with Gasteiger partial charge in [-0.25, -0.2) is 0 Å². The van der Waals surface area contributed by atoms with E-state index in [0.717, 1.165) is 37.3 Å². The molecule has 0 saturated carbocycles. The topological polar surface area (TPSA) is 67.4 Å². The maximum absolute atomic E-state index is 12.5. The molecule has 1 aromatic carbocycles. The molecule has 6 heteroatoms. The fourth-order valence-corrected chi connectivity index (χ4v) is 2.76. The van der Waals surface area contributed by atoms with Crippen LogP contribution in [0.1, 0.15) is 35.4 Å². The normalized spacial score (nSPS) is 17.5. The van der Waals surface area contributed by atoms with Crippen molar-refractivity contribution < 1.29 is 14.3 Å². The highest BCUT2D eigenvalue weighted by Gasteiger charge is 2.21. The average Bonchev–Trinajstić information content (AvgIpc) is 3.10. The second kappa shape index (κ2) is 7.97. The van der Waals surface area contributed by atoms with E-state index in [1.54, 1.807) is 18.0 Å². The number of carbonyl (C=O) groups excluding carboxylic acids is 1. The lowest BCUT2D eigenvalue weighted by Gasteiger charge is -2.27. The first-order valence-corrected chi connectivity index (χ1v) is 8.31. The predicted molar refractivity (Wildman–Crippen MR) is 89.9 cm³/mol.